The average Bonchev–Trinajstić information content (AvgIpc) is 2.95. The maximum Gasteiger partial charge on any atom is 0.487 e. The number of allylic oxidation sites excluding steroid dienone is 1. The average molecular weight is 515 g/mol. The number of carbonyl (C=O) groups excluding carboxylic acids is 1. The van der Waals surface area contributed by atoms with E-state index in [2.05, 4.69) is 70.3 Å². The first kappa shape index (κ1) is 30.6. The maximum absolute atomic E-state index is 11.5. The third kappa shape index (κ3) is 9.02. The molecule has 0 amide bonds. The topological polar surface area (TPSA) is 54.0 Å². The van der Waals surface area contributed by atoms with Crippen LogP contribution >= 0.6 is 0 Å². The predicted molar refractivity (Wildman–Crippen MR) is 151 cm³/mol. The first-order valence-corrected chi connectivity index (χ1v) is 16.0. The van der Waals surface area contributed by atoms with Gasteiger partial charge in [0.2, 0.25) is 0 Å². The van der Waals surface area contributed by atoms with Gasteiger partial charge in [0, 0.05) is 6.92 Å². The van der Waals surface area contributed by atoms with Crippen molar-refractivity contribution in [2.75, 3.05) is 6.61 Å². The summed E-state index contributed by atoms with van der Waals surface area (Å²) in [5, 5.41) is 0.128. The molecule has 1 fully saturated rings. The molecule has 2 rings (SSSR count). The van der Waals surface area contributed by atoms with Crippen LogP contribution in [0.25, 0.3) is 0 Å². The molecule has 36 heavy (non-hydrogen) atoms. The van der Waals surface area contributed by atoms with E-state index in [0.29, 0.717) is 6.42 Å². The summed E-state index contributed by atoms with van der Waals surface area (Å²) in [7, 11) is -2.43. The second-order valence-corrected chi connectivity index (χ2v) is 17.1. The number of benzene rings is 1. The Balaban J connectivity index is 2.18. The number of ether oxygens (including phenoxy) is 1. The number of esters is 1. The van der Waals surface area contributed by atoms with Crippen LogP contribution in [0.3, 0.4) is 0 Å². The summed E-state index contributed by atoms with van der Waals surface area (Å²) in [5.74, 6) is 1.64. The van der Waals surface area contributed by atoms with Crippen molar-refractivity contribution in [3.8, 4) is 0 Å². The molecule has 1 aromatic rings. The van der Waals surface area contributed by atoms with Gasteiger partial charge in [0.15, 0.2) is 8.32 Å². The first-order valence-electron chi connectivity index (χ1n) is 13.1. The van der Waals surface area contributed by atoms with E-state index < -0.39 is 26.6 Å². The minimum atomic E-state index is -1.95. The molecule has 0 N–H and O–H groups in total. The van der Waals surface area contributed by atoms with Gasteiger partial charge in [0.25, 0.3) is 0 Å². The van der Waals surface area contributed by atoms with Gasteiger partial charge in [-0.1, -0.05) is 69.2 Å². The fourth-order valence-corrected chi connectivity index (χ4v) is 4.90. The molecule has 1 aliphatic heterocycles. The van der Waals surface area contributed by atoms with Gasteiger partial charge < -0.3 is 18.5 Å². The highest BCUT2D eigenvalue weighted by atomic mass is 28.4. The summed E-state index contributed by atoms with van der Waals surface area (Å²) in [4.78, 5) is 11.5. The quantitative estimate of drug-likeness (QED) is 0.179. The molecule has 0 aliphatic carbocycles. The normalized spacial score (nSPS) is 19.1. The van der Waals surface area contributed by atoms with Crippen molar-refractivity contribution < 1.29 is 23.3 Å². The van der Waals surface area contributed by atoms with E-state index in [1.165, 1.54) is 12.5 Å². The Morgan fingerprint density at radius 3 is 2.19 bits per heavy atom. The SMILES string of the molecule is CC(=O)OC/C(=C/B1OC(C)(C)C(C)(C)O1)C/C=C/C(CCc1ccccc1)O[Si](C)(C)C(C)(C)C. The molecule has 0 bridgehead atoms. The number of hydrogen-bond donors (Lipinski definition) is 0. The zero-order chi connectivity index (χ0) is 27.2. The molecule has 1 aromatic carbocycles. The summed E-state index contributed by atoms with van der Waals surface area (Å²) < 4.78 is 24.4. The van der Waals surface area contributed by atoms with Gasteiger partial charge in [-0.15, -0.1) is 0 Å². The van der Waals surface area contributed by atoms with Gasteiger partial charge in [-0.05, 0) is 76.2 Å². The lowest BCUT2D eigenvalue weighted by atomic mass is 9.86. The van der Waals surface area contributed by atoms with Crippen LogP contribution in [0.4, 0.5) is 0 Å². The summed E-state index contributed by atoms with van der Waals surface area (Å²) in [5.41, 5.74) is 1.41. The van der Waals surface area contributed by atoms with E-state index in [1.807, 2.05) is 39.7 Å². The molecule has 0 radical (unpaired) electrons. The zero-order valence-corrected chi connectivity index (χ0v) is 25.1. The lowest BCUT2D eigenvalue weighted by molar-refractivity contribution is -0.140. The molecule has 200 valence electrons. The minimum absolute atomic E-state index is 0.0120. The Hall–Kier alpha value is -1.67. The molecule has 1 unspecified atom stereocenters. The molecular weight excluding hydrogens is 467 g/mol. The second kappa shape index (κ2) is 12.3. The lowest BCUT2D eigenvalue weighted by Crippen LogP contribution is -2.43. The molecule has 5 nitrogen and oxygen atoms in total. The summed E-state index contributed by atoms with van der Waals surface area (Å²) in [6.45, 7) is 21.1. The van der Waals surface area contributed by atoms with Crippen LogP contribution in [0, 0.1) is 0 Å². The van der Waals surface area contributed by atoms with Gasteiger partial charge in [-0.3, -0.25) is 4.79 Å². The molecule has 1 atom stereocenters. The van der Waals surface area contributed by atoms with Crippen molar-refractivity contribution in [1.82, 2.24) is 0 Å². The van der Waals surface area contributed by atoms with Crippen molar-refractivity contribution >= 4 is 21.4 Å². The fourth-order valence-electron chi connectivity index (χ4n) is 3.59. The van der Waals surface area contributed by atoms with Crippen LogP contribution in [-0.2, 0) is 29.7 Å². The monoisotopic (exact) mass is 514 g/mol. The molecule has 0 aromatic heterocycles. The Kier molecular flexibility index (Phi) is 10.4. The number of aryl methyl sites for hydroxylation is 1. The lowest BCUT2D eigenvalue weighted by Gasteiger charge is -2.38. The zero-order valence-electron chi connectivity index (χ0n) is 24.1. The van der Waals surface area contributed by atoms with E-state index in [1.54, 1.807) is 0 Å². The van der Waals surface area contributed by atoms with Crippen molar-refractivity contribution in [3.63, 3.8) is 0 Å². The van der Waals surface area contributed by atoms with Crippen LogP contribution in [0.15, 0.2) is 54.0 Å². The van der Waals surface area contributed by atoms with Crippen molar-refractivity contribution in [2.45, 2.75) is 110 Å². The Labute approximate surface area is 220 Å². The van der Waals surface area contributed by atoms with E-state index in [-0.39, 0.29) is 23.7 Å². The van der Waals surface area contributed by atoms with Gasteiger partial charge >= 0.3 is 13.1 Å². The minimum Gasteiger partial charge on any atom is -0.461 e. The van der Waals surface area contributed by atoms with Crippen LogP contribution in [0.2, 0.25) is 18.1 Å². The number of carbonyl (C=O) groups is 1. The van der Waals surface area contributed by atoms with Gasteiger partial charge in [-0.2, -0.15) is 0 Å². The fraction of sp³-hybridized carbons (Fsp3) is 0.621. The highest BCUT2D eigenvalue weighted by Gasteiger charge is 2.50. The van der Waals surface area contributed by atoms with Gasteiger partial charge in [0.1, 0.15) is 6.61 Å². The second-order valence-electron chi connectivity index (χ2n) is 12.3. The standard InChI is InChI=1S/C29H47BO5Si/c1-23(31)32-22-25(21-30-34-28(5,6)29(7,8)35-30)17-14-18-26(33-36(9,10)27(2,3)4)20-19-24-15-12-11-13-16-24/h11-16,18,21,26H,17,19-20,22H2,1-10H3/b18-14+,25-21+. The highest BCUT2D eigenvalue weighted by Crippen LogP contribution is 2.38. The largest absolute Gasteiger partial charge is 0.487 e. The summed E-state index contributed by atoms with van der Waals surface area (Å²) in [6.07, 6.45) is 6.80. The number of hydrogen-bond acceptors (Lipinski definition) is 5. The number of rotatable bonds is 11. The Morgan fingerprint density at radius 1 is 1.08 bits per heavy atom. The van der Waals surface area contributed by atoms with Crippen LogP contribution in [0.1, 0.15) is 73.8 Å². The summed E-state index contributed by atoms with van der Waals surface area (Å²) >= 11 is 0. The van der Waals surface area contributed by atoms with Gasteiger partial charge in [0.05, 0.1) is 17.3 Å². The molecule has 0 spiro atoms. The van der Waals surface area contributed by atoms with E-state index >= 15 is 0 Å². The predicted octanol–water partition coefficient (Wildman–Crippen LogP) is 7.08. The van der Waals surface area contributed by atoms with E-state index in [4.69, 9.17) is 18.5 Å². The van der Waals surface area contributed by atoms with Crippen LogP contribution < -0.4 is 0 Å². The van der Waals surface area contributed by atoms with Crippen LogP contribution in [-0.4, -0.2) is 45.3 Å². The molecule has 1 aliphatic rings. The molecule has 1 saturated heterocycles. The maximum atomic E-state index is 11.5. The van der Waals surface area contributed by atoms with E-state index in [0.717, 1.165) is 18.4 Å². The third-order valence-electron chi connectivity index (χ3n) is 7.65. The Bertz CT molecular complexity index is 899. The van der Waals surface area contributed by atoms with Gasteiger partial charge in [-0.25, -0.2) is 0 Å². The first-order chi connectivity index (χ1) is 16.5. The van der Waals surface area contributed by atoms with Crippen molar-refractivity contribution in [1.29, 1.82) is 0 Å². The highest BCUT2D eigenvalue weighted by molar-refractivity contribution is 6.74. The third-order valence-corrected chi connectivity index (χ3v) is 12.2. The summed E-state index contributed by atoms with van der Waals surface area (Å²) in [6, 6.07) is 10.5. The molecule has 0 saturated carbocycles. The molecule has 7 heteroatoms. The molecule has 1 heterocycles. The van der Waals surface area contributed by atoms with Crippen molar-refractivity contribution in [2.24, 2.45) is 0 Å². The van der Waals surface area contributed by atoms with Crippen LogP contribution in [0.5, 0.6) is 0 Å². The smallest absolute Gasteiger partial charge is 0.461 e. The van der Waals surface area contributed by atoms with Crippen molar-refractivity contribution in [3.05, 3.63) is 59.6 Å². The molecular formula is C29H47BO5Si. The Morgan fingerprint density at radius 2 is 1.67 bits per heavy atom. The van der Waals surface area contributed by atoms with E-state index in [9.17, 15) is 4.79 Å².